The van der Waals surface area contributed by atoms with Gasteiger partial charge in [0, 0.05) is 11.6 Å². The molecule has 0 radical (unpaired) electrons. The van der Waals surface area contributed by atoms with E-state index in [-0.39, 0.29) is 12.6 Å². The Labute approximate surface area is 99.5 Å². The monoisotopic (exact) mass is 239 g/mol. The minimum absolute atomic E-state index is 0.121. The average molecular weight is 240 g/mol. The van der Waals surface area contributed by atoms with Crippen molar-refractivity contribution in [3.8, 4) is 0 Å². The van der Waals surface area contributed by atoms with Crippen molar-refractivity contribution >= 4 is 17.3 Å². The molecular formula is C11H14ClN3O. The predicted octanol–water partition coefficient (Wildman–Crippen LogP) is 2.80. The number of halogens is 1. The van der Waals surface area contributed by atoms with Crippen LogP contribution in [0.15, 0.2) is 34.6 Å². The van der Waals surface area contributed by atoms with E-state index in [1.807, 2.05) is 17.1 Å². The molecule has 0 saturated carbocycles. The van der Waals surface area contributed by atoms with E-state index in [0.29, 0.717) is 5.02 Å². The van der Waals surface area contributed by atoms with E-state index in [1.54, 1.807) is 12.1 Å². The van der Waals surface area contributed by atoms with Gasteiger partial charge in [-0.1, -0.05) is 16.8 Å². The molecule has 1 heterocycles. The Morgan fingerprint density at radius 2 is 2.12 bits per heavy atom. The Bertz CT molecular complexity index is 366. The summed E-state index contributed by atoms with van der Waals surface area (Å²) in [6.07, 6.45) is 2.04. The van der Waals surface area contributed by atoms with E-state index >= 15 is 0 Å². The Kier molecular flexibility index (Phi) is 3.74. The minimum Gasteiger partial charge on any atom is -0.394 e. The summed E-state index contributed by atoms with van der Waals surface area (Å²) < 4.78 is 0. The lowest BCUT2D eigenvalue weighted by molar-refractivity contribution is 0.155. The molecule has 5 heteroatoms. The van der Waals surface area contributed by atoms with Gasteiger partial charge >= 0.3 is 0 Å². The molecule has 0 unspecified atom stereocenters. The molecular weight excluding hydrogens is 226 g/mol. The quantitative estimate of drug-likeness (QED) is 0.825. The van der Waals surface area contributed by atoms with Gasteiger partial charge in [-0.3, -0.25) is 5.01 Å². The molecule has 1 aromatic carbocycles. The van der Waals surface area contributed by atoms with Crippen LogP contribution >= 0.6 is 11.6 Å². The van der Waals surface area contributed by atoms with Crippen LogP contribution in [0.3, 0.4) is 0 Å². The summed E-state index contributed by atoms with van der Waals surface area (Å²) in [7, 11) is 0. The van der Waals surface area contributed by atoms with Crippen molar-refractivity contribution in [3.63, 3.8) is 0 Å². The molecule has 0 spiro atoms. The molecule has 1 saturated heterocycles. The lowest BCUT2D eigenvalue weighted by Crippen LogP contribution is -2.26. The van der Waals surface area contributed by atoms with Crippen molar-refractivity contribution < 1.29 is 5.11 Å². The molecule has 1 aliphatic heterocycles. The summed E-state index contributed by atoms with van der Waals surface area (Å²) in [4.78, 5) is 0. The summed E-state index contributed by atoms with van der Waals surface area (Å²) in [6.45, 7) is 1.00. The topological polar surface area (TPSA) is 48.2 Å². The molecule has 16 heavy (non-hydrogen) atoms. The molecule has 0 bridgehead atoms. The summed E-state index contributed by atoms with van der Waals surface area (Å²) in [5, 5.41) is 19.9. The summed E-state index contributed by atoms with van der Waals surface area (Å²) >= 11 is 5.77. The molecule has 1 aliphatic rings. The molecule has 1 aromatic rings. The van der Waals surface area contributed by atoms with Crippen LogP contribution in [0.1, 0.15) is 12.8 Å². The highest BCUT2D eigenvalue weighted by molar-refractivity contribution is 6.30. The van der Waals surface area contributed by atoms with Gasteiger partial charge in [-0.15, -0.1) is 5.11 Å². The third-order valence-electron chi connectivity index (χ3n) is 2.66. The standard InChI is InChI=1S/C11H14ClN3O/c12-9-3-5-10(6-4-9)13-14-15-7-1-2-11(15)8-16/h3-6,11,16H,1-2,7-8H2/t11-/m0/s1. The van der Waals surface area contributed by atoms with Gasteiger partial charge in [0.25, 0.3) is 0 Å². The second-order valence-corrected chi connectivity index (χ2v) is 4.24. The molecule has 1 atom stereocenters. The summed E-state index contributed by atoms with van der Waals surface area (Å²) in [5.74, 6) is 0. The maximum atomic E-state index is 9.11. The van der Waals surface area contributed by atoms with Crippen molar-refractivity contribution in [2.24, 2.45) is 10.3 Å². The van der Waals surface area contributed by atoms with Gasteiger partial charge in [0.2, 0.25) is 0 Å². The zero-order valence-corrected chi connectivity index (χ0v) is 9.64. The third kappa shape index (κ3) is 2.71. The first kappa shape index (κ1) is 11.4. The van der Waals surface area contributed by atoms with Crippen LogP contribution in [0.2, 0.25) is 5.02 Å². The Balaban J connectivity index is 2.00. The van der Waals surface area contributed by atoms with Crippen LogP contribution in [-0.4, -0.2) is 29.3 Å². The SMILES string of the molecule is OC[C@@H]1CCCN1N=Nc1ccc(Cl)cc1. The van der Waals surface area contributed by atoms with Gasteiger partial charge < -0.3 is 5.11 Å². The molecule has 1 N–H and O–H groups in total. The Morgan fingerprint density at radius 3 is 2.81 bits per heavy atom. The fourth-order valence-corrected chi connectivity index (χ4v) is 1.87. The highest BCUT2D eigenvalue weighted by atomic mass is 35.5. The van der Waals surface area contributed by atoms with E-state index in [0.717, 1.165) is 25.1 Å². The van der Waals surface area contributed by atoms with Crippen molar-refractivity contribution in [1.29, 1.82) is 0 Å². The van der Waals surface area contributed by atoms with Crippen LogP contribution < -0.4 is 0 Å². The summed E-state index contributed by atoms with van der Waals surface area (Å²) in [5.41, 5.74) is 0.771. The Hall–Kier alpha value is -1.13. The normalized spacial score (nSPS) is 20.9. The largest absolute Gasteiger partial charge is 0.394 e. The van der Waals surface area contributed by atoms with E-state index < -0.39 is 0 Å². The first-order chi connectivity index (χ1) is 7.79. The number of rotatable bonds is 3. The first-order valence-corrected chi connectivity index (χ1v) is 5.72. The molecule has 86 valence electrons. The van der Waals surface area contributed by atoms with Crippen LogP contribution in [0, 0.1) is 0 Å². The highest BCUT2D eigenvalue weighted by Crippen LogP contribution is 2.20. The van der Waals surface area contributed by atoms with Gasteiger partial charge in [0.1, 0.15) is 0 Å². The molecule has 0 aliphatic carbocycles. The molecule has 1 fully saturated rings. The van der Waals surface area contributed by atoms with Gasteiger partial charge in [-0.05, 0) is 37.1 Å². The van der Waals surface area contributed by atoms with Crippen molar-refractivity contribution in [2.45, 2.75) is 18.9 Å². The number of hydrogen-bond acceptors (Lipinski definition) is 3. The maximum Gasteiger partial charge on any atom is 0.0875 e. The molecule has 4 nitrogen and oxygen atoms in total. The van der Waals surface area contributed by atoms with Gasteiger partial charge in [-0.2, -0.15) is 0 Å². The molecule has 0 aromatic heterocycles. The second-order valence-electron chi connectivity index (χ2n) is 3.81. The van der Waals surface area contributed by atoms with E-state index in [9.17, 15) is 0 Å². The van der Waals surface area contributed by atoms with Crippen LogP contribution in [0.5, 0.6) is 0 Å². The van der Waals surface area contributed by atoms with Gasteiger partial charge in [-0.25, -0.2) is 0 Å². The highest BCUT2D eigenvalue weighted by Gasteiger charge is 2.22. The first-order valence-electron chi connectivity index (χ1n) is 5.34. The van der Waals surface area contributed by atoms with Crippen molar-refractivity contribution in [1.82, 2.24) is 5.01 Å². The van der Waals surface area contributed by atoms with Crippen LogP contribution in [0.4, 0.5) is 5.69 Å². The number of aliphatic hydroxyl groups is 1. The third-order valence-corrected chi connectivity index (χ3v) is 2.91. The van der Waals surface area contributed by atoms with E-state index in [1.165, 1.54) is 0 Å². The lowest BCUT2D eigenvalue weighted by Gasteiger charge is -2.16. The van der Waals surface area contributed by atoms with Crippen LogP contribution in [0.25, 0.3) is 0 Å². The zero-order chi connectivity index (χ0) is 11.4. The maximum absolute atomic E-state index is 9.11. The van der Waals surface area contributed by atoms with Gasteiger partial charge in [0.05, 0.1) is 18.3 Å². The molecule has 0 amide bonds. The number of nitrogens with zero attached hydrogens (tertiary/aromatic N) is 3. The lowest BCUT2D eigenvalue weighted by atomic mass is 10.2. The van der Waals surface area contributed by atoms with Gasteiger partial charge in [0.15, 0.2) is 0 Å². The van der Waals surface area contributed by atoms with Crippen molar-refractivity contribution in [3.05, 3.63) is 29.3 Å². The van der Waals surface area contributed by atoms with Crippen LogP contribution in [-0.2, 0) is 0 Å². The average Bonchev–Trinajstić information content (AvgIpc) is 2.76. The number of aliphatic hydroxyl groups excluding tert-OH is 1. The zero-order valence-electron chi connectivity index (χ0n) is 8.88. The number of hydrogen-bond donors (Lipinski definition) is 1. The molecule has 2 rings (SSSR count). The second kappa shape index (κ2) is 5.27. The van der Waals surface area contributed by atoms with Crippen molar-refractivity contribution in [2.75, 3.05) is 13.2 Å². The number of benzene rings is 1. The minimum atomic E-state index is 0.121. The van der Waals surface area contributed by atoms with E-state index in [2.05, 4.69) is 10.3 Å². The fourth-order valence-electron chi connectivity index (χ4n) is 1.74. The predicted molar refractivity (Wildman–Crippen MR) is 62.8 cm³/mol. The fraction of sp³-hybridized carbons (Fsp3) is 0.455. The van der Waals surface area contributed by atoms with E-state index in [4.69, 9.17) is 16.7 Å². The summed E-state index contributed by atoms with van der Waals surface area (Å²) in [6, 6.07) is 7.31. The smallest absolute Gasteiger partial charge is 0.0875 e. The Morgan fingerprint density at radius 1 is 1.38 bits per heavy atom.